The predicted octanol–water partition coefficient (Wildman–Crippen LogP) is 2.95. The van der Waals surface area contributed by atoms with Crippen molar-refractivity contribution in [1.82, 2.24) is 9.97 Å². The first-order chi connectivity index (χ1) is 14.9. The van der Waals surface area contributed by atoms with Crippen molar-refractivity contribution in [2.24, 2.45) is 0 Å². The van der Waals surface area contributed by atoms with Crippen LogP contribution in [0.5, 0.6) is 11.9 Å². The lowest BCUT2D eigenvalue weighted by Crippen LogP contribution is -2.15. The highest BCUT2D eigenvalue weighted by Crippen LogP contribution is 2.21. The van der Waals surface area contributed by atoms with Crippen LogP contribution in [-0.2, 0) is 14.8 Å². The Morgan fingerprint density at radius 2 is 1.68 bits per heavy atom. The van der Waals surface area contributed by atoms with E-state index in [0.717, 1.165) is 5.56 Å². The lowest BCUT2D eigenvalue weighted by molar-refractivity contribution is -0.111. The number of benzene rings is 2. The fraction of sp³-hybridized carbons (Fsp3) is 0.0952. The number of anilines is 2. The zero-order valence-corrected chi connectivity index (χ0v) is 17.6. The van der Waals surface area contributed by atoms with Crippen molar-refractivity contribution in [3.8, 4) is 11.9 Å². The summed E-state index contributed by atoms with van der Waals surface area (Å²) in [6.45, 7) is 0. The third-order valence-corrected chi connectivity index (χ3v) is 5.34. The molecule has 0 spiro atoms. The number of ether oxygens (including phenoxy) is 2. The smallest absolute Gasteiger partial charge is 0.321 e. The lowest BCUT2D eigenvalue weighted by atomic mass is 10.2. The molecule has 3 rings (SSSR count). The summed E-state index contributed by atoms with van der Waals surface area (Å²) in [6.07, 6.45) is 3.08. The molecule has 0 unspecified atom stereocenters. The molecule has 0 saturated heterocycles. The number of carbonyl (C=O) groups excluding carboxylic acids is 1. The fourth-order valence-electron chi connectivity index (χ4n) is 2.49. The van der Waals surface area contributed by atoms with Crippen LogP contribution in [0.3, 0.4) is 0 Å². The van der Waals surface area contributed by atoms with Crippen molar-refractivity contribution >= 4 is 33.5 Å². The Balaban J connectivity index is 1.68. The normalized spacial score (nSPS) is 11.2. The average molecular weight is 440 g/mol. The SMILES string of the molecule is COc1cc(NS(=O)(=O)c2ccc(NC(=O)/C=C/c3ccccc3)cc2)nc(OC)n1. The van der Waals surface area contributed by atoms with Gasteiger partial charge in [-0.3, -0.25) is 9.52 Å². The van der Waals surface area contributed by atoms with Crippen LogP contribution >= 0.6 is 0 Å². The number of methoxy groups -OCH3 is 2. The summed E-state index contributed by atoms with van der Waals surface area (Å²) in [5.74, 6) is -0.198. The number of aromatic nitrogens is 2. The number of rotatable bonds is 8. The van der Waals surface area contributed by atoms with Crippen LogP contribution in [0.25, 0.3) is 6.08 Å². The predicted molar refractivity (Wildman–Crippen MR) is 116 cm³/mol. The number of nitrogens with zero attached hydrogens (tertiary/aromatic N) is 2. The van der Waals surface area contributed by atoms with E-state index in [1.54, 1.807) is 6.08 Å². The Bertz CT molecular complexity index is 1160. The molecule has 9 nitrogen and oxygen atoms in total. The van der Waals surface area contributed by atoms with Crippen molar-refractivity contribution in [3.63, 3.8) is 0 Å². The van der Waals surface area contributed by atoms with Gasteiger partial charge in [0, 0.05) is 17.8 Å². The first-order valence-electron chi connectivity index (χ1n) is 9.03. The van der Waals surface area contributed by atoms with Crippen molar-refractivity contribution < 1.29 is 22.7 Å². The van der Waals surface area contributed by atoms with Gasteiger partial charge in [0.1, 0.15) is 0 Å². The zero-order valence-electron chi connectivity index (χ0n) is 16.8. The first kappa shape index (κ1) is 21.8. The lowest BCUT2D eigenvalue weighted by Gasteiger charge is -2.10. The molecule has 10 heteroatoms. The quantitative estimate of drug-likeness (QED) is 0.517. The summed E-state index contributed by atoms with van der Waals surface area (Å²) >= 11 is 0. The summed E-state index contributed by atoms with van der Waals surface area (Å²) in [7, 11) is -1.19. The standard InChI is InChI=1S/C21H20N4O5S/c1-29-20-14-18(23-21(24-20)30-2)25-31(27,28)17-11-9-16(10-12-17)22-19(26)13-8-15-6-4-3-5-7-15/h3-14H,1-2H3,(H,22,26)(H,23,24,25)/b13-8+. The maximum absolute atomic E-state index is 12.6. The Hall–Kier alpha value is -3.92. The molecule has 0 bridgehead atoms. The molecule has 0 aliphatic rings. The van der Waals surface area contributed by atoms with E-state index in [1.807, 2.05) is 30.3 Å². The molecule has 0 aliphatic carbocycles. The molecule has 31 heavy (non-hydrogen) atoms. The molecule has 1 aromatic heterocycles. The number of amides is 1. The van der Waals surface area contributed by atoms with E-state index in [9.17, 15) is 13.2 Å². The Morgan fingerprint density at radius 1 is 0.968 bits per heavy atom. The summed E-state index contributed by atoms with van der Waals surface area (Å²) in [5, 5.41) is 2.68. The maximum Gasteiger partial charge on any atom is 0.321 e. The third-order valence-electron chi connectivity index (χ3n) is 3.97. The summed E-state index contributed by atoms with van der Waals surface area (Å²) < 4.78 is 37.6. The third kappa shape index (κ3) is 6.03. The molecule has 0 saturated carbocycles. The second kappa shape index (κ2) is 9.72. The summed E-state index contributed by atoms with van der Waals surface area (Å²) in [4.78, 5) is 19.9. The van der Waals surface area contributed by atoms with E-state index in [0.29, 0.717) is 5.69 Å². The Kier molecular flexibility index (Phi) is 6.83. The highest BCUT2D eigenvalue weighted by molar-refractivity contribution is 7.92. The second-order valence-corrected chi connectivity index (χ2v) is 7.83. The molecule has 0 fully saturated rings. The molecule has 2 N–H and O–H groups in total. The molecule has 3 aromatic rings. The van der Waals surface area contributed by atoms with E-state index in [-0.39, 0.29) is 28.5 Å². The number of hydrogen-bond acceptors (Lipinski definition) is 7. The number of hydrogen-bond donors (Lipinski definition) is 2. The molecule has 160 valence electrons. The molecule has 1 heterocycles. The molecular weight excluding hydrogens is 420 g/mol. The fourth-order valence-corrected chi connectivity index (χ4v) is 3.48. The van der Waals surface area contributed by atoms with E-state index in [4.69, 9.17) is 9.47 Å². The van der Waals surface area contributed by atoms with Gasteiger partial charge >= 0.3 is 6.01 Å². The number of nitrogens with one attached hydrogen (secondary N) is 2. The monoisotopic (exact) mass is 440 g/mol. The van der Waals surface area contributed by atoms with Crippen LogP contribution in [0.1, 0.15) is 5.56 Å². The maximum atomic E-state index is 12.6. The molecular formula is C21H20N4O5S. The molecule has 0 aliphatic heterocycles. The highest BCUT2D eigenvalue weighted by Gasteiger charge is 2.17. The van der Waals surface area contributed by atoms with E-state index >= 15 is 0 Å². The van der Waals surface area contributed by atoms with E-state index in [2.05, 4.69) is 20.0 Å². The Labute approximate surface area is 179 Å². The van der Waals surface area contributed by atoms with Crippen molar-refractivity contribution in [2.45, 2.75) is 4.90 Å². The van der Waals surface area contributed by atoms with Crippen LogP contribution in [-0.4, -0.2) is 38.5 Å². The zero-order chi connectivity index (χ0) is 22.3. The molecule has 0 atom stereocenters. The largest absolute Gasteiger partial charge is 0.481 e. The number of carbonyl (C=O) groups is 1. The van der Waals surface area contributed by atoms with Gasteiger partial charge in [-0.25, -0.2) is 8.42 Å². The van der Waals surface area contributed by atoms with Gasteiger partial charge in [-0.2, -0.15) is 9.97 Å². The van der Waals surface area contributed by atoms with Gasteiger partial charge in [-0.05, 0) is 35.9 Å². The van der Waals surface area contributed by atoms with Crippen LogP contribution in [0, 0.1) is 0 Å². The highest BCUT2D eigenvalue weighted by atomic mass is 32.2. The van der Waals surface area contributed by atoms with Crippen LogP contribution in [0.2, 0.25) is 0 Å². The molecule has 0 radical (unpaired) electrons. The van der Waals surface area contributed by atoms with Gasteiger partial charge in [0.05, 0.1) is 19.1 Å². The topological polar surface area (TPSA) is 120 Å². The van der Waals surface area contributed by atoms with Crippen molar-refractivity contribution in [2.75, 3.05) is 24.3 Å². The van der Waals surface area contributed by atoms with Gasteiger partial charge in [0.25, 0.3) is 10.0 Å². The van der Waals surface area contributed by atoms with Gasteiger partial charge in [0.2, 0.25) is 11.8 Å². The van der Waals surface area contributed by atoms with Crippen LogP contribution in [0.15, 0.2) is 71.6 Å². The van der Waals surface area contributed by atoms with E-state index < -0.39 is 10.0 Å². The van der Waals surface area contributed by atoms with Crippen LogP contribution in [0.4, 0.5) is 11.5 Å². The van der Waals surface area contributed by atoms with Gasteiger partial charge in [0.15, 0.2) is 5.82 Å². The van der Waals surface area contributed by atoms with Crippen LogP contribution < -0.4 is 19.5 Å². The average Bonchev–Trinajstić information content (AvgIpc) is 2.78. The van der Waals surface area contributed by atoms with Gasteiger partial charge in [-0.1, -0.05) is 30.3 Å². The van der Waals surface area contributed by atoms with E-state index in [1.165, 1.54) is 50.6 Å². The van der Waals surface area contributed by atoms with Gasteiger partial charge in [-0.15, -0.1) is 0 Å². The first-order valence-corrected chi connectivity index (χ1v) is 10.5. The van der Waals surface area contributed by atoms with Crippen molar-refractivity contribution in [1.29, 1.82) is 0 Å². The molecule has 1 amide bonds. The second-order valence-electron chi connectivity index (χ2n) is 6.15. The Morgan fingerprint density at radius 3 is 2.32 bits per heavy atom. The molecule has 2 aromatic carbocycles. The number of sulfonamides is 1. The van der Waals surface area contributed by atoms with Crippen molar-refractivity contribution in [3.05, 3.63) is 72.3 Å². The summed E-state index contributed by atoms with van der Waals surface area (Å²) in [6, 6.07) is 16.4. The van der Waals surface area contributed by atoms with Gasteiger partial charge < -0.3 is 14.8 Å². The minimum atomic E-state index is -3.93. The minimum absolute atomic E-state index is 0.00729. The minimum Gasteiger partial charge on any atom is -0.481 e. The summed E-state index contributed by atoms with van der Waals surface area (Å²) in [5.41, 5.74) is 1.34.